The molecule has 0 fully saturated rings. The van der Waals surface area contributed by atoms with E-state index in [4.69, 9.17) is 34.8 Å². The minimum atomic E-state index is -0.339. The topological polar surface area (TPSA) is 47.8 Å². The van der Waals surface area contributed by atoms with Crippen molar-refractivity contribution < 1.29 is 4.79 Å². The number of fused-ring (bicyclic) bond motifs is 1. The fraction of sp³-hybridized carbons (Fsp3) is 0. The summed E-state index contributed by atoms with van der Waals surface area (Å²) in [6.07, 6.45) is 0. The Bertz CT molecular complexity index is 829. The number of halogens is 3. The van der Waals surface area contributed by atoms with Gasteiger partial charge in [-0.05, 0) is 30.3 Å². The first kappa shape index (κ1) is 13.4. The molecule has 0 aliphatic carbocycles. The zero-order chi connectivity index (χ0) is 14.3. The van der Waals surface area contributed by atoms with Gasteiger partial charge in [-0.3, -0.25) is 4.79 Å². The molecular weight excluding hydrogens is 321 g/mol. The van der Waals surface area contributed by atoms with Crippen molar-refractivity contribution in [3.05, 3.63) is 57.0 Å². The molecule has 20 heavy (non-hydrogen) atoms. The van der Waals surface area contributed by atoms with Gasteiger partial charge in [-0.1, -0.05) is 46.1 Å². The number of hydrogen-bond acceptors (Lipinski definition) is 3. The Labute approximate surface area is 128 Å². The van der Waals surface area contributed by atoms with Gasteiger partial charge in [-0.2, -0.15) is 4.68 Å². The van der Waals surface area contributed by atoms with Gasteiger partial charge < -0.3 is 0 Å². The third-order valence-electron chi connectivity index (χ3n) is 2.75. The van der Waals surface area contributed by atoms with E-state index in [0.717, 1.165) is 0 Å². The van der Waals surface area contributed by atoms with Crippen LogP contribution in [0.1, 0.15) is 10.4 Å². The molecule has 0 bridgehead atoms. The van der Waals surface area contributed by atoms with Crippen molar-refractivity contribution in [1.82, 2.24) is 15.0 Å². The summed E-state index contributed by atoms with van der Waals surface area (Å²) in [5.41, 5.74) is 1.40. The van der Waals surface area contributed by atoms with E-state index in [1.54, 1.807) is 36.4 Å². The fourth-order valence-electron chi connectivity index (χ4n) is 1.81. The monoisotopic (exact) mass is 325 g/mol. The van der Waals surface area contributed by atoms with Gasteiger partial charge in [0.25, 0.3) is 5.91 Å². The second kappa shape index (κ2) is 5.05. The van der Waals surface area contributed by atoms with Gasteiger partial charge in [0.1, 0.15) is 5.52 Å². The molecule has 3 rings (SSSR count). The van der Waals surface area contributed by atoms with Crippen LogP contribution in [0, 0.1) is 0 Å². The van der Waals surface area contributed by atoms with E-state index in [1.165, 1.54) is 4.68 Å². The van der Waals surface area contributed by atoms with E-state index in [-0.39, 0.29) is 5.91 Å². The van der Waals surface area contributed by atoms with E-state index < -0.39 is 0 Å². The maximum atomic E-state index is 12.4. The largest absolute Gasteiger partial charge is 0.280 e. The van der Waals surface area contributed by atoms with Crippen LogP contribution in [0.3, 0.4) is 0 Å². The summed E-state index contributed by atoms with van der Waals surface area (Å²) in [6.45, 7) is 0. The minimum Gasteiger partial charge on any atom is -0.267 e. The Kier molecular flexibility index (Phi) is 3.38. The maximum Gasteiger partial charge on any atom is 0.280 e. The lowest BCUT2D eigenvalue weighted by Gasteiger charge is -2.02. The molecule has 7 heteroatoms. The van der Waals surface area contributed by atoms with Crippen molar-refractivity contribution >= 4 is 51.7 Å². The number of carbonyl (C=O) groups excluding carboxylic acids is 1. The summed E-state index contributed by atoms with van der Waals surface area (Å²) < 4.78 is 1.17. The molecule has 0 spiro atoms. The molecule has 0 saturated carbocycles. The van der Waals surface area contributed by atoms with Gasteiger partial charge in [0.15, 0.2) is 0 Å². The van der Waals surface area contributed by atoms with Crippen LogP contribution in [0.15, 0.2) is 36.4 Å². The average Bonchev–Trinajstić information content (AvgIpc) is 2.81. The predicted octanol–water partition coefficient (Wildman–Crippen LogP) is 4.08. The first-order valence-electron chi connectivity index (χ1n) is 5.57. The van der Waals surface area contributed by atoms with Crippen LogP contribution in [0.5, 0.6) is 0 Å². The molecule has 0 aliphatic rings. The molecule has 1 heterocycles. The van der Waals surface area contributed by atoms with Crippen molar-refractivity contribution in [2.75, 3.05) is 0 Å². The predicted molar refractivity (Wildman–Crippen MR) is 78.7 cm³/mol. The van der Waals surface area contributed by atoms with Gasteiger partial charge in [0.05, 0.1) is 15.6 Å². The molecule has 0 N–H and O–H groups in total. The number of aromatic nitrogens is 3. The zero-order valence-electron chi connectivity index (χ0n) is 9.85. The number of rotatable bonds is 1. The SMILES string of the molecule is O=C(c1cccc(Cl)c1)n1nnc2cc(Cl)c(Cl)cc21. The normalized spacial score (nSPS) is 10.9. The molecule has 0 atom stereocenters. The zero-order valence-corrected chi connectivity index (χ0v) is 12.1. The molecular formula is C13H6Cl3N3O. The van der Waals surface area contributed by atoms with Crippen LogP contribution in [0.25, 0.3) is 11.0 Å². The number of benzene rings is 2. The van der Waals surface area contributed by atoms with Crippen molar-refractivity contribution in [3.8, 4) is 0 Å². The second-order valence-electron chi connectivity index (χ2n) is 4.07. The molecule has 2 aromatic carbocycles. The quantitative estimate of drug-likeness (QED) is 0.677. The highest BCUT2D eigenvalue weighted by molar-refractivity contribution is 6.42. The Balaban J connectivity index is 2.15. The Morgan fingerprint density at radius 1 is 1.05 bits per heavy atom. The summed E-state index contributed by atoms with van der Waals surface area (Å²) in [5.74, 6) is -0.339. The molecule has 100 valence electrons. The summed E-state index contributed by atoms with van der Waals surface area (Å²) in [7, 11) is 0. The molecule has 1 aromatic heterocycles. The van der Waals surface area contributed by atoms with Gasteiger partial charge in [-0.15, -0.1) is 5.10 Å². The van der Waals surface area contributed by atoms with Crippen LogP contribution in [0.2, 0.25) is 15.1 Å². The third kappa shape index (κ3) is 2.26. The Hall–Kier alpha value is -1.62. The van der Waals surface area contributed by atoms with E-state index in [0.29, 0.717) is 31.7 Å². The number of hydrogen-bond donors (Lipinski definition) is 0. The van der Waals surface area contributed by atoms with Gasteiger partial charge in [-0.25, -0.2) is 0 Å². The maximum absolute atomic E-state index is 12.4. The van der Waals surface area contributed by atoms with Crippen LogP contribution in [-0.2, 0) is 0 Å². The highest BCUT2D eigenvalue weighted by atomic mass is 35.5. The second-order valence-corrected chi connectivity index (χ2v) is 5.32. The number of nitrogens with zero attached hydrogens (tertiary/aromatic N) is 3. The molecule has 4 nitrogen and oxygen atoms in total. The third-order valence-corrected chi connectivity index (χ3v) is 3.71. The molecule has 0 radical (unpaired) electrons. The van der Waals surface area contributed by atoms with Gasteiger partial charge in [0, 0.05) is 10.6 Å². The standard InChI is InChI=1S/C13H6Cl3N3O/c14-8-3-1-2-7(4-8)13(20)19-12-6-10(16)9(15)5-11(12)17-18-19/h1-6H. The van der Waals surface area contributed by atoms with Crippen molar-refractivity contribution in [1.29, 1.82) is 0 Å². The highest BCUT2D eigenvalue weighted by Crippen LogP contribution is 2.27. The average molecular weight is 327 g/mol. The summed E-state index contributed by atoms with van der Waals surface area (Å²) >= 11 is 17.7. The smallest absolute Gasteiger partial charge is 0.267 e. The van der Waals surface area contributed by atoms with Crippen molar-refractivity contribution in [2.24, 2.45) is 0 Å². The van der Waals surface area contributed by atoms with Crippen molar-refractivity contribution in [2.45, 2.75) is 0 Å². The molecule has 0 saturated heterocycles. The first-order chi connectivity index (χ1) is 9.56. The molecule has 3 aromatic rings. The number of carbonyl (C=O) groups is 1. The van der Waals surface area contributed by atoms with E-state index >= 15 is 0 Å². The van der Waals surface area contributed by atoms with E-state index in [9.17, 15) is 4.79 Å². The fourth-order valence-corrected chi connectivity index (χ4v) is 2.32. The lowest BCUT2D eigenvalue weighted by atomic mass is 10.2. The lowest BCUT2D eigenvalue weighted by molar-refractivity contribution is 0.0948. The van der Waals surface area contributed by atoms with Gasteiger partial charge in [0.2, 0.25) is 0 Å². The van der Waals surface area contributed by atoms with Crippen LogP contribution >= 0.6 is 34.8 Å². The highest BCUT2D eigenvalue weighted by Gasteiger charge is 2.16. The molecule has 0 amide bonds. The summed E-state index contributed by atoms with van der Waals surface area (Å²) in [6, 6.07) is 9.72. The van der Waals surface area contributed by atoms with Crippen LogP contribution < -0.4 is 0 Å². The Morgan fingerprint density at radius 2 is 1.80 bits per heavy atom. The van der Waals surface area contributed by atoms with Crippen LogP contribution in [-0.4, -0.2) is 20.9 Å². The minimum absolute atomic E-state index is 0.335. The van der Waals surface area contributed by atoms with Gasteiger partial charge >= 0.3 is 0 Å². The summed E-state index contributed by atoms with van der Waals surface area (Å²) in [5, 5.41) is 8.92. The van der Waals surface area contributed by atoms with Crippen LogP contribution in [0.4, 0.5) is 0 Å². The van der Waals surface area contributed by atoms with E-state index in [1.807, 2.05) is 0 Å². The molecule has 0 aliphatic heterocycles. The Morgan fingerprint density at radius 3 is 2.55 bits per heavy atom. The van der Waals surface area contributed by atoms with Crippen molar-refractivity contribution in [3.63, 3.8) is 0 Å². The molecule has 0 unspecified atom stereocenters. The first-order valence-corrected chi connectivity index (χ1v) is 6.70. The van der Waals surface area contributed by atoms with E-state index in [2.05, 4.69) is 10.3 Å². The lowest BCUT2D eigenvalue weighted by Crippen LogP contribution is -2.13. The summed E-state index contributed by atoms with van der Waals surface area (Å²) in [4.78, 5) is 12.4.